The molecule has 0 aliphatic heterocycles. The minimum Gasteiger partial charge on any atom is -0.481 e. The Balaban J connectivity index is 1.47. The molecule has 4 aromatic rings. The summed E-state index contributed by atoms with van der Waals surface area (Å²) >= 11 is 0. The molecule has 1 fully saturated rings. The Morgan fingerprint density at radius 3 is 2.48 bits per heavy atom. The molecule has 0 spiro atoms. The molecule has 1 saturated carbocycles. The first-order valence-corrected chi connectivity index (χ1v) is 15.7. The summed E-state index contributed by atoms with van der Waals surface area (Å²) in [6.45, 7) is 3.15. The first kappa shape index (κ1) is 32.3. The van der Waals surface area contributed by atoms with E-state index in [0.29, 0.717) is 11.3 Å². The monoisotopic (exact) mass is 622 g/mol. The summed E-state index contributed by atoms with van der Waals surface area (Å²) in [6, 6.07) is 22.1. The number of aliphatic carboxylic acids is 1. The molecule has 1 unspecified atom stereocenters. The molecular formula is C37H39FN4O4. The summed E-state index contributed by atoms with van der Waals surface area (Å²) in [5, 5.41) is 12.8. The van der Waals surface area contributed by atoms with Crippen molar-refractivity contribution in [1.82, 2.24) is 9.88 Å². The normalized spacial score (nSPS) is 13.1. The van der Waals surface area contributed by atoms with Crippen LogP contribution in [0.1, 0.15) is 66.6 Å². The summed E-state index contributed by atoms with van der Waals surface area (Å²) in [5.74, 6) is -2.04. The fraction of sp³-hybridized carbons (Fsp3) is 0.297. The summed E-state index contributed by atoms with van der Waals surface area (Å²) in [4.78, 5) is 46.6. The summed E-state index contributed by atoms with van der Waals surface area (Å²) in [6.07, 6.45) is 6.61. The van der Waals surface area contributed by atoms with Crippen LogP contribution in [-0.4, -0.2) is 46.4 Å². The van der Waals surface area contributed by atoms with Crippen molar-refractivity contribution in [3.8, 4) is 11.1 Å². The van der Waals surface area contributed by atoms with Crippen LogP contribution in [0.15, 0.2) is 91.3 Å². The molecule has 2 N–H and O–H groups in total. The molecule has 1 aromatic heterocycles. The number of carbonyl (C=O) groups excluding carboxylic acids is 2. The molecule has 0 radical (unpaired) electrons. The predicted octanol–water partition coefficient (Wildman–Crippen LogP) is 7.33. The van der Waals surface area contributed by atoms with Crippen LogP contribution < -0.4 is 10.2 Å². The van der Waals surface area contributed by atoms with E-state index in [2.05, 4.69) is 22.1 Å². The second kappa shape index (κ2) is 14.8. The average Bonchev–Trinajstić information content (AvgIpc) is 3.91. The van der Waals surface area contributed by atoms with Gasteiger partial charge in [0.15, 0.2) is 0 Å². The zero-order chi connectivity index (χ0) is 32.6. The topological polar surface area (TPSA) is 103 Å². The lowest BCUT2D eigenvalue weighted by atomic mass is 9.99. The molecule has 2 amide bonds. The number of nitrogens with zero attached hydrogens (tertiary/aromatic N) is 3. The van der Waals surface area contributed by atoms with Crippen molar-refractivity contribution < 1.29 is 23.9 Å². The lowest BCUT2D eigenvalue weighted by Gasteiger charge is -2.32. The fourth-order valence-electron chi connectivity index (χ4n) is 5.59. The molecule has 0 bridgehead atoms. The largest absolute Gasteiger partial charge is 0.481 e. The standard InChI is InChI=1S/C37H39FN4O4/c1-3-4-18-41(2)33-16-15-28(21-32(33)40-36(45)29-10-6-12-31(38)20-29)27-9-5-8-25(19-27)24-42(37(46)26-13-14-26)34(22-35(43)44)30-11-7-17-39-23-30/h5-12,15-17,19-21,23,26,34H,3-4,13-14,18,22,24H2,1-2H3,(H,40,45)(H,43,44). The Morgan fingerprint density at radius 2 is 1.78 bits per heavy atom. The first-order chi connectivity index (χ1) is 22.2. The van der Waals surface area contributed by atoms with Gasteiger partial charge in [-0.15, -0.1) is 0 Å². The van der Waals surface area contributed by atoms with Gasteiger partial charge in [-0.2, -0.15) is 0 Å². The van der Waals surface area contributed by atoms with Gasteiger partial charge in [0.1, 0.15) is 5.82 Å². The number of rotatable bonds is 14. The number of nitrogens with one attached hydrogen (secondary N) is 1. The van der Waals surface area contributed by atoms with Crippen LogP contribution in [0, 0.1) is 11.7 Å². The molecule has 238 valence electrons. The van der Waals surface area contributed by atoms with Gasteiger partial charge < -0.3 is 20.2 Å². The number of hydrogen-bond acceptors (Lipinski definition) is 5. The van der Waals surface area contributed by atoms with E-state index in [-0.39, 0.29) is 30.4 Å². The van der Waals surface area contributed by atoms with Crippen molar-refractivity contribution in [2.75, 3.05) is 23.8 Å². The van der Waals surface area contributed by atoms with Crippen molar-refractivity contribution in [1.29, 1.82) is 0 Å². The maximum absolute atomic E-state index is 13.9. The number of amides is 2. The van der Waals surface area contributed by atoms with Crippen LogP contribution in [0.3, 0.4) is 0 Å². The van der Waals surface area contributed by atoms with Crippen molar-refractivity contribution in [2.24, 2.45) is 5.92 Å². The molecule has 5 rings (SSSR count). The van der Waals surface area contributed by atoms with E-state index in [4.69, 9.17) is 0 Å². The minimum atomic E-state index is -0.993. The summed E-state index contributed by atoms with van der Waals surface area (Å²) < 4.78 is 13.9. The van der Waals surface area contributed by atoms with Crippen LogP contribution in [0.5, 0.6) is 0 Å². The van der Waals surface area contributed by atoms with E-state index in [1.54, 1.807) is 29.4 Å². The second-order valence-corrected chi connectivity index (χ2v) is 11.8. The lowest BCUT2D eigenvalue weighted by Crippen LogP contribution is -2.36. The van der Waals surface area contributed by atoms with Crippen LogP contribution >= 0.6 is 0 Å². The van der Waals surface area contributed by atoms with Crippen LogP contribution in [-0.2, 0) is 16.1 Å². The number of unbranched alkanes of at least 4 members (excludes halogenated alkanes) is 1. The lowest BCUT2D eigenvalue weighted by molar-refractivity contribution is -0.142. The van der Waals surface area contributed by atoms with E-state index < -0.39 is 23.7 Å². The van der Waals surface area contributed by atoms with Gasteiger partial charge in [-0.05, 0) is 84.0 Å². The number of pyridine rings is 1. The molecular weight excluding hydrogens is 583 g/mol. The highest BCUT2D eigenvalue weighted by Gasteiger charge is 2.37. The van der Waals surface area contributed by atoms with E-state index in [1.165, 1.54) is 18.2 Å². The third-order valence-corrected chi connectivity index (χ3v) is 8.23. The number of benzene rings is 3. The molecule has 0 saturated heterocycles. The smallest absolute Gasteiger partial charge is 0.305 e. The van der Waals surface area contributed by atoms with Gasteiger partial charge in [-0.25, -0.2) is 4.39 Å². The average molecular weight is 623 g/mol. The van der Waals surface area contributed by atoms with Gasteiger partial charge in [0.2, 0.25) is 5.91 Å². The van der Waals surface area contributed by atoms with Gasteiger partial charge in [0.05, 0.1) is 23.8 Å². The third-order valence-electron chi connectivity index (χ3n) is 8.23. The Morgan fingerprint density at radius 1 is 1.00 bits per heavy atom. The van der Waals surface area contributed by atoms with E-state index in [0.717, 1.165) is 54.6 Å². The second-order valence-electron chi connectivity index (χ2n) is 11.8. The van der Waals surface area contributed by atoms with Gasteiger partial charge in [0.25, 0.3) is 5.91 Å². The van der Waals surface area contributed by atoms with Crippen molar-refractivity contribution in [2.45, 2.75) is 51.6 Å². The number of hydrogen-bond donors (Lipinski definition) is 2. The third kappa shape index (κ3) is 8.15. The number of carboxylic acid groups (broad SMARTS) is 1. The quantitative estimate of drug-likeness (QED) is 0.153. The minimum absolute atomic E-state index is 0.0534. The SMILES string of the molecule is CCCCN(C)c1ccc(-c2cccc(CN(C(=O)C3CC3)C(CC(=O)O)c3cccnc3)c2)cc1NC(=O)c1cccc(F)c1. The number of halogens is 1. The Bertz CT molecular complexity index is 1690. The Labute approximate surface area is 268 Å². The molecule has 8 nitrogen and oxygen atoms in total. The van der Waals surface area contributed by atoms with Crippen LogP contribution in [0.4, 0.5) is 15.8 Å². The summed E-state index contributed by atoms with van der Waals surface area (Å²) in [5.41, 5.74) is 4.90. The number of carbonyl (C=O) groups is 3. The highest BCUT2D eigenvalue weighted by atomic mass is 19.1. The number of carboxylic acids is 1. The maximum atomic E-state index is 13.9. The van der Waals surface area contributed by atoms with Crippen molar-refractivity contribution in [3.63, 3.8) is 0 Å². The van der Waals surface area contributed by atoms with Crippen molar-refractivity contribution >= 4 is 29.2 Å². The van der Waals surface area contributed by atoms with Crippen LogP contribution in [0.25, 0.3) is 11.1 Å². The number of anilines is 2. The highest BCUT2D eigenvalue weighted by molar-refractivity contribution is 6.06. The van der Waals surface area contributed by atoms with Gasteiger partial charge in [0, 0.05) is 44.0 Å². The zero-order valence-corrected chi connectivity index (χ0v) is 26.2. The molecule has 46 heavy (non-hydrogen) atoms. The van der Waals surface area contributed by atoms with Gasteiger partial charge in [-0.3, -0.25) is 19.4 Å². The van der Waals surface area contributed by atoms with Gasteiger partial charge >= 0.3 is 5.97 Å². The Hall–Kier alpha value is -5.05. The van der Waals surface area contributed by atoms with E-state index >= 15 is 0 Å². The highest BCUT2D eigenvalue weighted by Crippen LogP contribution is 2.37. The first-order valence-electron chi connectivity index (χ1n) is 15.7. The van der Waals surface area contributed by atoms with Crippen LogP contribution in [0.2, 0.25) is 0 Å². The molecule has 1 atom stereocenters. The summed E-state index contributed by atoms with van der Waals surface area (Å²) in [7, 11) is 1.98. The van der Waals surface area contributed by atoms with Gasteiger partial charge in [-0.1, -0.05) is 49.7 Å². The predicted molar refractivity (Wildman–Crippen MR) is 177 cm³/mol. The maximum Gasteiger partial charge on any atom is 0.305 e. The van der Waals surface area contributed by atoms with Crippen molar-refractivity contribution in [3.05, 3.63) is 114 Å². The number of aromatic nitrogens is 1. The molecule has 1 heterocycles. The van der Waals surface area contributed by atoms with E-state index in [9.17, 15) is 23.9 Å². The van der Waals surface area contributed by atoms with E-state index in [1.807, 2.05) is 55.6 Å². The molecule has 1 aliphatic carbocycles. The molecule has 9 heteroatoms. The zero-order valence-electron chi connectivity index (χ0n) is 26.2. The molecule has 3 aromatic carbocycles. The molecule has 1 aliphatic rings. The fourth-order valence-corrected chi connectivity index (χ4v) is 5.59. The Kier molecular flexibility index (Phi) is 10.4.